The molecule has 0 aliphatic carbocycles. The second-order valence-corrected chi connectivity index (χ2v) is 7.25. The summed E-state index contributed by atoms with van der Waals surface area (Å²) in [6.07, 6.45) is 6.22. The zero-order chi connectivity index (χ0) is 21.6. The third-order valence-corrected chi connectivity index (χ3v) is 5.08. The van der Waals surface area contributed by atoms with E-state index in [9.17, 15) is 0 Å². The van der Waals surface area contributed by atoms with Gasteiger partial charge in [0.2, 0.25) is 0 Å². The molecule has 0 radical (unpaired) electrons. The minimum absolute atomic E-state index is 0.620. The molecule has 0 amide bonds. The third kappa shape index (κ3) is 5.35. The number of hydrogen-bond donors (Lipinski definition) is 1. The maximum Gasteiger partial charge on any atom is 0.140 e. The molecule has 0 atom stereocenters. The van der Waals surface area contributed by atoms with Gasteiger partial charge in [-0.1, -0.05) is 0 Å². The summed E-state index contributed by atoms with van der Waals surface area (Å²) >= 11 is 0. The average Bonchev–Trinajstić information content (AvgIpc) is 3.54. The van der Waals surface area contributed by atoms with Gasteiger partial charge in [0.15, 0.2) is 0 Å². The molecule has 0 spiro atoms. The second kappa shape index (κ2) is 9.53. The van der Waals surface area contributed by atoms with Crippen molar-refractivity contribution in [1.82, 2.24) is 69.3 Å². The number of hydrogen-bond acceptors (Lipinski definition) is 10. The largest absolute Gasteiger partial charge is 0.287 e. The standard InChI is InChI=1S/C17H26N14/c1-27-15(19-11-23-27)7-30(6-14-18-10-22-26-14)4-5-31(8-16-20-12-24-28(16)2)9-17-21-13-25-29(17)3/h10-13H,4-9H2,1-3H3,(H,18,22,26). The molecule has 14 nitrogen and oxygen atoms in total. The lowest BCUT2D eigenvalue weighted by Gasteiger charge is -2.26. The Labute approximate surface area is 179 Å². The number of nitrogens with one attached hydrogen (secondary N) is 1. The Morgan fingerprint density at radius 3 is 1.45 bits per heavy atom. The molecule has 0 aromatic carbocycles. The molecule has 164 valence electrons. The molecule has 0 saturated carbocycles. The second-order valence-electron chi connectivity index (χ2n) is 7.25. The van der Waals surface area contributed by atoms with Gasteiger partial charge in [-0.2, -0.15) is 20.4 Å². The minimum Gasteiger partial charge on any atom is -0.287 e. The summed E-state index contributed by atoms with van der Waals surface area (Å²) in [5, 5.41) is 19.4. The van der Waals surface area contributed by atoms with E-state index in [1.807, 2.05) is 21.1 Å². The molecule has 0 aliphatic rings. The molecule has 4 aromatic rings. The lowest BCUT2D eigenvalue weighted by Crippen LogP contribution is -2.36. The van der Waals surface area contributed by atoms with Crippen LogP contribution in [0.1, 0.15) is 23.3 Å². The van der Waals surface area contributed by atoms with Gasteiger partial charge in [0.05, 0.1) is 26.2 Å². The Morgan fingerprint density at radius 2 is 1.10 bits per heavy atom. The van der Waals surface area contributed by atoms with Crippen LogP contribution in [-0.4, -0.2) is 82.4 Å². The van der Waals surface area contributed by atoms with E-state index in [-0.39, 0.29) is 0 Å². The van der Waals surface area contributed by atoms with Crippen molar-refractivity contribution in [2.45, 2.75) is 26.2 Å². The maximum absolute atomic E-state index is 4.38. The van der Waals surface area contributed by atoms with E-state index in [1.54, 1.807) is 33.0 Å². The van der Waals surface area contributed by atoms with Gasteiger partial charge in [-0.15, -0.1) is 0 Å². The summed E-state index contributed by atoms with van der Waals surface area (Å²) in [5.74, 6) is 3.46. The normalized spacial score (nSPS) is 11.8. The monoisotopic (exact) mass is 426 g/mol. The SMILES string of the molecule is Cn1ncnc1CN(CCN(Cc1ncnn1C)Cc1ncnn1C)Cc1ncn[nH]1. The topological polar surface area (TPSA) is 140 Å². The van der Waals surface area contributed by atoms with Crippen LogP contribution in [0.4, 0.5) is 0 Å². The van der Waals surface area contributed by atoms with Crippen LogP contribution in [-0.2, 0) is 47.3 Å². The number of rotatable bonds is 11. The van der Waals surface area contributed by atoms with Gasteiger partial charge in [0, 0.05) is 34.2 Å². The Morgan fingerprint density at radius 1 is 0.645 bits per heavy atom. The first-order chi connectivity index (χ1) is 15.1. The number of aromatic nitrogens is 12. The van der Waals surface area contributed by atoms with E-state index in [4.69, 9.17) is 0 Å². The van der Waals surface area contributed by atoms with Crippen molar-refractivity contribution in [1.29, 1.82) is 0 Å². The quantitative estimate of drug-likeness (QED) is 0.314. The van der Waals surface area contributed by atoms with Crippen LogP contribution in [0.2, 0.25) is 0 Å². The highest BCUT2D eigenvalue weighted by Crippen LogP contribution is 2.09. The van der Waals surface area contributed by atoms with E-state index in [2.05, 4.69) is 55.2 Å². The fourth-order valence-electron chi connectivity index (χ4n) is 3.22. The number of nitrogens with zero attached hydrogens (tertiary/aromatic N) is 13. The first-order valence-electron chi connectivity index (χ1n) is 9.86. The highest BCUT2D eigenvalue weighted by atomic mass is 15.4. The van der Waals surface area contributed by atoms with E-state index in [0.717, 1.165) is 36.4 Å². The molecule has 0 fully saturated rings. The third-order valence-electron chi connectivity index (χ3n) is 5.08. The molecule has 0 unspecified atom stereocenters. The molecule has 14 heteroatoms. The molecular formula is C17H26N14. The molecular weight excluding hydrogens is 400 g/mol. The Bertz CT molecular complexity index is 1020. The van der Waals surface area contributed by atoms with Crippen LogP contribution in [0.25, 0.3) is 0 Å². The van der Waals surface area contributed by atoms with Gasteiger partial charge in [-0.3, -0.25) is 28.9 Å². The Hall–Kier alpha value is -3.52. The highest BCUT2D eigenvalue weighted by molar-refractivity contribution is 4.90. The first-order valence-corrected chi connectivity index (χ1v) is 9.86. The molecule has 4 aromatic heterocycles. The summed E-state index contributed by atoms with van der Waals surface area (Å²) < 4.78 is 5.36. The van der Waals surface area contributed by atoms with Crippen LogP contribution in [0.3, 0.4) is 0 Å². The fraction of sp³-hybridized carbons (Fsp3) is 0.529. The van der Waals surface area contributed by atoms with Crippen molar-refractivity contribution in [2.75, 3.05) is 13.1 Å². The summed E-state index contributed by atoms with van der Waals surface area (Å²) in [4.78, 5) is 21.9. The Balaban J connectivity index is 1.47. The minimum atomic E-state index is 0.620. The summed E-state index contributed by atoms with van der Waals surface area (Å²) in [7, 11) is 5.68. The first kappa shape index (κ1) is 20.7. The van der Waals surface area contributed by atoms with Gasteiger partial charge < -0.3 is 0 Å². The van der Waals surface area contributed by atoms with E-state index >= 15 is 0 Å². The predicted octanol–water partition coefficient (Wildman–Crippen LogP) is -1.11. The van der Waals surface area contributed by atoms with Crippen molar-refractivity contribution in [3.05, 3.63) is 48.6 Å². The lowest BCUT2D eigenvalue weighted by atomic mass is 10.3. The zero-order valence-corrected chi connectivity index (χ0v) is 17.9. The molecule has 4 rings (SSSR count). The molecule has 0 saturated heterocycles. The van der Waals surface area contributed by atoms with Crippen LogP contribution >= 0.6 is 0 Å². The van der Waals surface area contributed by atoms with Crippen LogP contribution in [0.15, 0.2) is 25.3 Å². The van der Waals surface area contributed by atoms with Gasteiger partial charge in [-0.05, 0) is 0 Å². The number of aryl methyl sites for hydroxylation is 3. The molecule has 31 heavy (non-hydrogen) atoms. The van der Waals surface area contributed by atoms with Crippen molar-refractivity contribution in [3.8, 4) is 0 Å². The fourth-order valence-corrected chi connectivity index (χ4v) is 3.22. The molecule has 0 bridgehead atoms. The van der Waals surface area contributed by atoms with Gasteiger partial charge in [-0.25, -0.2) is 19.9 Å². The average molecular weight is 426 g/mol. The number of aromatic amines is 1. The van der Waals surface area contributed by atoms with Gasteiger partial charge in [0.25, 0.3) is 0 Å². The van der Waals surface area contributed by atoms with E-state index in [0.29, 0.717) is 26.2 Å². The smallest absolute Gasteiger partial charge is 0.140 e. The number of H-pyrrole nitrogens is 1. The Kier molecular flexibility index (Phi) is 6.37. The van der Waals surface area contributed by atoms with E-state index in [1.165, 1.54) is 6.33 Å². The maximum atomic E-state index is 4.38. The highest BCUT2D eigenvalue weighted by Gasteiger charge is 2.17. The zero-order valence-electron chi connectivity index (χ0n) is 17.9. The summed E-state index contributed by atoms with van der Waals surface area (Å²) in [6, 6.07) is 0. The van der Waals surface area contributed by atoms with Crippen molar-refractivity contribution in [2.24, 2.45) is 21.1 Å². The predicted molar refractivity (Wildman–Crippen MR) is 108 cm³/mol. The molecule has 1 N–H and O–H groups in total. The molecule has 0 aliphatic heterocycles. The van der Waals surface area contributed by atoms with Crippen LogP contribution < -0.4 is 0 Å². The van der Waals surface area contributed by atoms with Crippen molar-refractivity contribution in [3.63, 3.8) is 0 Å². The van der Waals surface area contributed by atoms with Crippen LogP contribution in [0, 0.1) is 0 Å². The van der Waals surface area contributed by atoms with Gasteiger partial charge >= 0.3 is 0 Å². The molecule has 4 heterocycles. The van der Waals surface area contributed by atoms with E-state index < -0.39 is 0 Å². The van der Waals surface area contributed by atoms with Crippen molar-refractivity contribution >= 4 is 0 Å². The van der Waals surface area contributed by atoms with Crippen molar-refractivity contribution < 1.29 is 0 Å². The van der Waals surface area contributed by atoms with Gasteiger partial charge in [0.1, 0.15) is 48.6 Å². The van der Waals surface area contributed by atoms with Crippen LogP contribution in [0.5, 0.6) is 0 Å². The summed E-state index contributed by atoms with van der Waals surface area (Å²) in [6.45, 7) is 4.08. The lowest BCUT2D eigenvalue weighted by molar-refractivity contribution is 0.169. The summed E-state index contributed by atoms with van der Waals surface area (Å²) in [5.41, 5.74) is 0.